The van der Waals surface area contributed by atoms with E-state index in [0.717, 1.165) is 32.9 Å². The molecule has 5 nitrogen and oxygen atoms in total. The molecule has 7 aromatic carbocycles. The third-order valence-electron chi connectivity index (χ3n) is 11.2. The molecule has 3 aromatic heterocycles. The number of hydrogen-bond donors (Lipinski definition) is 0. The standard InChI is InChI=1S/C48H33N5/c1-48(2)37-23-12-9-22-34(37)44-38(48)24-15-27-41(44)52-39-25-13-10-20-32(39)35-29-43-36(28-42(35)52)33-21-11-14-26-40(33)53(43)47-50-45(30-16-5-3-6-17-30)49-46(51-47)31-18-7-4-8-19-31/h3-29H,1-2H3. The molecule has 0 atom stereocenters. The minimum atomic E-state index is -0.0941. The lowest BCUT2D eigenvalue weighted by Crippen LogP contribution is -2.14. The van der Waals surface area contributed by atoms with E-state index >= 15 is 0 Å². The van der Waals surface area contributed by atoms with Crippen LogP contribution in [0, 0.1) is 0 Å². The highest BCUT2D eigenvalue weighted by molar-refractivity contribution is 6.19. The van der Waals surface area contributed by atoms with Crippen molar-refractivity contribution in [2.24, 2.45) is 0 Å². The molecule has 3 heterocycles. The zero-order valence-electron chi connectivity index (χ0n) is 29.3. The van der Waals surface area contributed by atoms with Crippen molar-refractivity contribution in [2.45, 2.75) is 19.3 Å². The minimum absolute atomic E-state index is 0.0941. The average molecular weight is 680 g/mol. The maximum atomic E-state index is 5.18. The highest BCUT2D eigenvalue weighted by Crippen LogP contribution is 2.52. The summed E-state index contributed by atoms with van der Waals surface area (Å²) >= 11 is 0. The Kier molecular flexibility index (Phi) is 6.23. The van der Waals surface area contributed by atoms with Crippen molar-refractivity contribution >= 4 is 43.6 Å². The number of para-hydroxylation sites is 2. The van der Waals surface area contributed by atoms with Crippen molar-refractivity contribution in [1.29, 1.82) is 0 Å². The van der Waals surface area contributed by atoms with Gasteiger partial charge in [0.15, 0.2) is 11.6 Å². The van der Waals surface area contributed by atoms with Gasteiger partial charge in [0.25, 0.3) is 0 Å². The molecule has 0 bridgehead atoms. The van der Waals surface area contributed by atoms with Crippen LogP contribution in [0.25, 0.3) is 89.2 Å². The van der Waals surface area contributed by atoms with Gasteiger partial charge in [0, 0.05) is 43.7 Å². The molecule has 250 valence electrons. The fourth-order valence-electron chi connectivity index (χ4n) is 8.72. The first-order valence-electron chi connectivity index (χ1n) is 18.1. The van der Waals surface area contributed by atoms with Crippen LogP contribution in [0.3, 0.4) is 0 Å². The largest absolute Gasteiger partial charge is 0.309 e. The van der Waals surface area contributed by atoms with Gasteiger partial charge in [-0.2, -0.15) is 9.97 Å². The molecule has 1 aliphatic rings. The average Bonchev–Trinajstić information content (AvgIpc) is 3.80. The molecule has 0 saturated carbocycles. The Morgan fingerprint density at radius 2 is 0.925 bits per heavy atom. The van der Waals surface area contributed by atoms with Crippen molar-refractivity contribution in [3.63, 3.8) is 0 Å². The van der Waals surface area contributed by atoms with E-state index in [0.29, 0.717) is 17.6 Å². The Morgan fingerprint density at radius 3 is 1.57 bits per heavy atom. The van der Waals surface area contributed by atoms with E-state index in [9.17, 15) is 0 Å². The van der Waals surface area contributed by atoms with Crippen molar-refractivity contribution < 1.29 is 0 Å². The maximum Gasteiger partial charge on any atom is 0.238 e. The Morgan fingerprint density at radius 1 is 0.415 bits per heavy atom. The number of nitrogens with zero attached hydrogens (tertiary/aromatic N) is 5. The molecule has 0 fully saturated rings. The van der Waals surface area contributed by atoms with E-state index in [2.05, 4.69) is 150 Å². The quantitative estimate of drug-likeness (QED) is 0.186. The molecular formula is C48H33N5. The van der Waals surface area contributed by atoms with Gasteiger partial charge in [-0.3, -0.25) is 4.57 Å². The van der Waals surface area contributed by atoms with E-state index in [1.807, 2.05) is 36.4 Å². The molecule has 1 aliphatic carbocycles. The van der Waals surface area contributed by atoms with Crippen LogP contribution in [0.4, 0.5) is 0 Å². The van der Waals surface area contributed by atoms with Gasteiger partial charge in [0.2, 0.25) is 5.95 Å². The molecule has 5 heteroatoms. The fourth-order valence-corrected chi connectivity index (χ4v) is 8.72. The van der Waals surface area contributed by atoms with Crippen LogP contribution in [0.2, 0.25) is 0 Å². The number of benzene rings is 7. The molecular weight excluding hydrogens is 647 g/mol. The van der Waals surface area contributed by atoms with E-state index < -0.39 is 0 Å². The first-order chi connectivity index (χ1) is 26.1. The smallest absolute Gasteiger partial charge is 0.238 e. The van der Waals surface area contributed by atoms with Gasteiger partial charge >= 0.3 is 0 Å². The molecule has 0 radical (unpaired) electrons. The molecule has 53 heavy (non-hydrogen) atoms. The third-order valence-corrected chi connectivity index (χ3v) is 11.2. The normalized spacial score (nSPS) is 13.2. The molecule has 0 saturated heterocycles. The van der Waals surface area contributed by atoms with Crippen LogP contribution in [0.15, 0.2) is 164 Å². The molecule has 0 unspecified atom stereocenters. The lowest BCUT2D eigenvalue weighted by atomic mass is 9.82. The van der Waals surface area contributed by atoms with Gasteiger partial charge in [-0.05, 0) is 47.0 Å². The van der Waals surface area contributed by atoms with Crippen LogP contribution in [0.5, 0.6) is 0 Å². The van der Waals surface area contributed by atoms with Crippen LogP contribution in [-0.4, -0.2) is 24.1 Å². The zero-order valence-corrected chi connectivity index (χ0v) is 29.3. The fraction of sp³-hybridized carbons (Fsp3) is 0.0625. The summed E-state index contributed by atoms with van der Waals surface area (Å²) in [5, 5.41) is 4.68. The monoisotopic (exact) mass is 679 g/mol. The first-order valence-corrected chi connectivity index (χ1v) is 18.1. The van der Waals surface area contributed by atoms with Gasteiger partial charge in [0.1, 0.15) is 0 Å². The van der Waals surface area contributed by atoms with Gasteiger partial charge in [-0.15, -0.1) is 0 Å². The van der Waals surface area contributed by atoms with Crippen LogP contribution in [0.1, 0.15) is 25.0 Å². The lowest BCUT2D eigenvalue weighted by molar-refractivity contribution is 0.660. The first kappa shape index (κ1) is 29.8. The summed E-state index contributed by atoms with van der Waals surface area (Å²) in [6.45, 7) is 4.69. The van der Waals surface area contributed by atoms with Gasteiger partial charge in [-0.25, -0.2) is 4.98 Å². The van der Waals surface area contributed by atoms with Gasteiger partial charge in [-0.1, -0.05) is 147 Å². The van der Waals surface area contributed by atoms with Crippen LogP contribution in [-0.2, 0) is 5.41 Å². The molecule has 0 amide bonds. The van der Waals surface area contributed by atoms with Crippen molar-refractivity contribution in [2.75, 3.05) is 0 Å². The Bertz CT molecular complexity index is 3020. The number of aromatic nitrogens is 5. The van der Waals surface area contributed by atoms with Crippen molar-refractivity contribution in [3.8, 4) is 45.5 Å². The van der Waals surface area contributed by atoms with Crippen molar-refractivity contribution in [3.05, 3.63) is 175 Å². The predicted molar refractivity (Wildman–Crippen MR) is 217 cm³/mol. The number of fused-ring (bicyclic) bond motifs is 9. The third kappa shape index (κ3) is 4.28. The van der Waals surface area contributed by atoms with Crippen molar-refractivity contribution in [1.82, 2.24) is 24.1 Å². The molecule has 0 N–H and O–H groups in total. The van der Waals surface area contributed by atoms with E-state index in [4.69, 9.17) is 15.0 Å². The maximum absolute atomic E-state index is 5.18. The zero-order chi connectivity index (χ0) is 35.3. The summed E-state index contributed by atoms with van der Waals surface area (Å²) in [6, 6.07) is 58.2. The summed E-state index contributed by atoms with van der Waals surface area (Å²) in [5.41, 5.74) is 12.8. The molecule has 0 spiro atoms. The summed E-state index contributed by atoms with van der Waals surface area (Å²) in [7, 11) is 0. The molecule has 10 aromatic rings. The highest BCUT2D eigenvalue weighted by atomic mass is 15.2. The second kappa shape index (κ2) is 11.1. The SMILES string of the molecule is CC1(C)c2ccccc2-c2c(-n3c4ccccc4c4cc5c(cc43)c3ccccc3n5-c3nc(-c4ccccc4)nc(-c4ccccc4)n3)cccc21. The minimum Gasteiger partial charge on any atom is -0.309 e. The van der Waals surface area contributed by atoms with E-state index in [1.165, 1.54) is 49.7 Å². The summed E-state index contributed by atoms with van der Waals surface area (Å²) in [6.07, 6.45) is 0. The van der Waals surface area contributed by atoms with Crippen LogP contribution >= 0.6 is 0 Å². The number of hydrogen-bond acceptors (Lipinski definition) is 3. The second-order valence-corrected chi connectivity index (χ2v) is 14.5. The summed E-state index contributed by atoms with van der Waals surface area (Å²) in [4.78, 5) is 15.3. The Balaban J connectivity index is 1.24. The van der Waals surface area contributed by atoms with E-state index in [-0.39, 0.29) is 5.41 Å². The number of rotatable bonds is 4. The molecule has 11 rings (SSSR count). The van der Waals surface area contributed by atoms with Gasteiger partial charge < -0.3 is 4.57 Å². The molecule has 0 aliphatic heterocycles. The summed E-state index contributed by atoms with van der Waals surface area (Å²) in [5.74, 6) is 1.87. The Hall–Kier alpha value is -6.85. The van der Waals surface area contributed by atoms with Crippen LogP contribution < -0.4 is 0 Å². The lowest BCUT2D eigenvalue weighted by Gasteiger charge is -2.21. The topological polar surface area (TPSA) is 48.5 Å². The summed E-state index contributed by atoms with van der Waals surface area (Å²) < 4.78 is 4.70. The van der Waals surface area contributed by atoms with Gasteiger partial charge in [0.05, 0.1) is 27.8 Å². The predicted octanol–water partition coefficient (Wildman–Crippen LogP) is 11.7. The Labute approximate surface area is 306 Å². The highest BCUT2D eigenvalue weighted by Gasteiger charge is 2.37. The second-order valence-electron chi connectivity index (χ2n) is 14.5. The van der Waals surface area contributed by atoms with E-state index in [1.54, 1.807) is 0 Å².